The molecule has 3 rings (SSSR count). The lowest BCUT2D eigenvalue weighted by Gasteiger charge is -2.10. The third-order valence-corrected chi connectivity index (χ3v) is 3.97. The topological polar surface area (TPSA) is 84.0 Å². The first-order valence-electron chi connectivity index (χ1n) is 8.78. The first kappa shape index (κ1) is 19.0. The molecule has 3 aromatic rings. The minimum Gasteiger partial charge on any atom is -0.366 e. The molecular weight excluding hydrogens is 352 g/mol. The van der Waals surface area contributed by atoms with Crippen molar-refractivity contribution in [2.75, 3.05) is 17.2 Å². The van der Waals surface area contributed by atoms with Gasteiger partial charge in [-0.1, -0.05) is 36.4 Å². The second kappa shape index (κ2) is 8.73. The fraction of sp³-hybridized carbons (Fsp3) is 0.0909. The zero-order chi connectivity index (χ0) is 19.9. The highest BCUT2D eigenvalue weighted by atomic mass is 16.2. The fourth-order valence-electron chi connectivity index (χ4n) is 2.53. The van der Waals surface area contributed by atoms with Crippen molar-refractivity contribution in [3.05, 3.63) is 84.6 Å². The minimum absolute atomic E-state index is 0.0286. The van der Waals surface area contributed by atoms with Crippen LogP contribution in [-0.4, -0.2) is 28.2 Å². The van der Waals surface area contributed by atoms with E-state index in [1.54, 1.807) is 36.4 Å². The van der Waals surface area contributed by atoms with Crippen LogP contribution < -0.4 is 10.6 Å². The number of carbonyl (C=O) groups excluding carboxylic acids is 2. The van der Waals surface area contributed by atoms with Crippen LogP contribution in [0.5, 0.6) is 0 Å². The van der Waals surface area contributed by atoms with Gasteiger partial charge >= 0.3 is 0 Å². The van der Waals surface area contributed by atoms with Crippen LogP contribution in [0.4, 0.5) is 11.5 Å². The van der Waals surface area contributed by atoms with E-state index >= 15 is 0 Å². The van der Waals surface area contributed by atoms with Gasteiger partial charge < -0.3 is 10.6 Å². The molecule has 2 aromatic carbocycles. The lowest BCUT2D eigenvalue weighted by Crippen LogP contribution is -2.16. The normalized spacial score (nSPS) is 10.2. The van der Waals surface area contributed by atoms with Gasteiger partial charge in [0.2, 0.25) is 0 Å². The quantitative estimate of drug-likeness (QED) is 0.480. The number of benzene rings is 2. The Morgan fingerprint density at radius 1 is 1.04 bits per heavy atom. The number of rotatable bonds is 7. The molecule has 1 amide bonds. The van der Waals surface area contributed by atoms with Crippen LogP contribution in [0.1, 0.15) is 27.8 Å². The van der Waals surface area contributed by atoms with Crippen molar-refractivity contribution in [3.63, 3.8) is 0 Å². The molecule has 0 fully saturated rings. The standard InChI is InChI=1S/C22H20N4O2/c1-3-13-23-20-14-19(25-21(26-20)17-7-5-4-6-8-17)22(28)24-18-11-9-16(10-12-18)15(2)27/h3-12,14H,1,13H2,2H3,(H,24,28)(H,23,25,26). The lowest BCUT2D eigenvalue weighted by molar-refractivity contribution is 0.101. The maximum Gasteiger partial charge on any atom is 0.274 e. The smallest absolute Gasteiger partial charge is 0.274 e. The van der Waals surface area contributed by atoms with Crippen molar-refractivity contribution in [3.8, 4) is 11.4 Å². The Labute approximate surface area is 163 Å². The third-order valence-electron chi connectivity index (χ3n) is 3.97. The van der Waals surface area contributed by atoms with Crippen molar-refractivity contribution >= 4 is 23.2 Å². The van der Waals surface area contributed by atoms with Gasteiger partial charge in [-0.3, -0.25) is 9.59 Å². The van der Waals surface area contributed by atoms with E-state index in [9.17, 15) is 9.59 Å². The highest BCUT2D eigenvalue weighted by molar-refractivity contribution is 6.04. The van der Waals surface area contributed by atoms with E-state index in [-0.39, 0.29) is 17.4 Å². The molecule has 2 N–H and O–H groups in total. The van der Waals surface area contributed by atoms with Gasteiger partial charge in [0.15, 0.2) is 11.6 Å². The van der Waals surface area contributed by atoms with Crippen LogP contribution in [0.3, 0.4) is 0 Å². The Balaban J connectivity index is 1.89. The van der Waals surface area contributed by atoms with Crippen LogP contribution in [-0.2, 0) is 0 Å². The predicted octanol–water partition coefficient (Wildman–Crippen LogP) is 4.20. The molecule has 0 bridgehead atoms. The van der Waals surface area contributed by atoms with Crippen LogP contribution in [0.2, 0.25) is 0 Å². The summed E-state index contributed by atoms with van der Waals surface area (Å²) < 4.78 is 0. The molecule has 0 atom stereocenters. The highest BCUT2D eigenvalue weighted by Crippen LogP contribution is 2.19. The number of carbonyl (C=O) groups is 2. The molecule has 0 aliphatic heterocycles. The van der Waals surface area contributed by atoms with Gasteiger partial charge in [-0.25, -0.2) is 9.97 Å². The molecule has 1 aromatic heterocycles. The Kier molecular flexibility index (Phi) is 5.91. The van der Waals surface area contributed by atoms with E-state index in [4.69, 9.17) is 0 Å². The molecule has 0 saturated carbocycles. The summed E-state index contributed by atoms with van der Waals surface area (Å²) in [5.41, 5.74) is 2.21. The molecule has 0 saturated heterocycles. The molecule has 0 radical (unpaired) electrons. The second-order valence-corrected chi connectivity index (χ2v) is 6.09. The molecule has 6 nitrogen and oxygen atoms in total. The van der Waals surface area contributed by atoms with Gasteiger partial charge in [-0.05, 0) is 31.2 Å². The minimum atomic E-state index is -0.364. The maximum atomic E-state index is 12.7. The van der Waals surface area contributed by atoms with E-state index in [0.29, 0.717) is 29.4 Å². The number of anilines is 2. The van der Waals surface area contributed by atoms with Crippen molar-refractivity contribution in [1.82, 2.24) is 9.97 Å². The van der Waals surface area contributed by atoms with Gasteiger partial charge in [0, 0.05) is 29.4 Å². The molecule has 6 heteroatoms. The Hall–Kier alpha value is -3.80. The first-order valence-corrected chi connectivity index (χ1v) is 8.78. The molecule has 0 aliphatic carbocycles. The van der Waals surface area contributed by atoms with Crippen LogP contribution in [0.25, 0.3) is 11.4 Å². The van der Waals surface area contributed by atoms with Gasteiger partial charge in [-0.2, -0.15) is 0 Å². The summed E-state index contributed by atoms with van der Waals surface area (Å²) in [4.78, 5) is 33.0. The van der Waals surface area contributed by atoms with E-state index < -0.39 is 0 Å². The average molecular weight is 372 g/mol. The number of nitrogens with one attached hydrogen (secondary N) is 2. The van der Waals surface area contributed by atoms with E-state index in [2.05, 4.69) is 27.2 Å². The molecule has 140 valence electrons. The van der Waals surface area contributed by atoms with Gasteiger partial charge in [0.05, 0.1) is 0 Å². The average Bonchev–Trinajstić information content (AvgIpc) is 2.73. The van der Waals surface area contributed by atoms with E-state index in [0.717, 1.165) is 5.56 Å². The van der Waals surface area contributed by atoms with E-state index in [1.165, 1.54) is 6.92 Å². The summed E-state index contributed by atoms with van der Waals surface area (Å²) in [6, 6.07) is 17.8. The number of aromatic nitrogens is 2. The molecule has 28 heavy (non-hydrogen) atoms. The molecule has 0 unspecified atom stereocenters. The number of ketones is 1. The summed E-state index contributed by atoms with van der Waals surface area (Å²) in [6.45, 7) is 5.69. The Morgan fingerprint density at radius 3 is 2.39 bits per heavy atom. The fourth-order valence-corrected chi connectivity index (χ4v) is 2.53. The number of nitrogens with zero attached hydrogens (tertiary/aromatic N) is 2. The SMILES string of the molecule is C=CCNc1cc(C(=O)Nc2ccc(C(C)=O)cc2)nc(-c2ccccc2)n1. The monoisotopic (exact) mass is 372 g/mol. The molecule has 1 heterocycles. The third kappa shape index (κ3) is 4.67. The van der Waals surface area contributed by atoms with E-state index in [1.807, 2.05) is 30.3 Å². The molecule has 0 aliphatic rings. The second-order valence-electron chi connectivity index (χ2n) is 6.09. The van der Waals surface area contributed by atoms with Crippen molar-refractivity contribution in [2.24, 2.45) is 0 Å². The number of Topliss-reactive ketones (excluding diaryl/α,β-unsaturated/α-hetero) is 1. The first-order chi connectivity index (χ1) is 13.6. The summed E-state index contributed by atoms with van der Waals surface area (Å²) in [5, 5.41) is 5.89. The van der Waals surface area contributed by atoms with Crippen LogP contribution >= 0.6 is 0 Å². The number of hydrogen-bond donors (Lipinski definition) is 2. The summed E-state index contributed by atoms with van der Waals surface area (Å²) in [5.74, 6) is 0.591. The predicted molar refractivity (Wildman–Crippen MR) is 111 cm³/mol. The zero-order valence-corrected chi connectivity index (χ0v) is 15.5. The zero-order valence-electron chi connectivity index (χ0n) is 15.5. The maximum absolute atomic E-state index is 12.7. The lowest BCUT2D eigenvalue weighted by atomic mass is 10.1. The Bertz CT molecular complexity index is 999. The Morgan fingerprint density at radius 2 is 1.75 bits per heavy atom. The molecule has 0 spiro atoms. The number of hydrogen-bond acceptors (Lipinski definition) is 5. The summed E-state index contributed by atoms with van der Waals surface area (Å²) in [6.07, 6.45) is 1.71. The van der Waals surface area contributed by atoms with Gasteiger partial charge in [0.1, 0.15) is 11.5 Å². The van der Waals surface area contributed by atoms with Crippen molar-refractivity contribution in [1.29, 1.82) is 0 Å². The largest absolute Gasteiger partial charge is 0.366 e. The van der Waals surface area contributed by atoms with Gasteiger partial charge in [-0.15, -0.1) is 6.58 Å². The van der Waals surface area contributed by atoms with Gasteiger partial charge in [0.25, 0.3) is 5.91 Å². The van der Waals surface area contributed by atoms with Crippen molar-refractivity contribution < 1.29 is 9.59 Å². The highest BCUT2D eigenvalue weighted by Gasteiger charge is 2.13. The van der Waals surface area contributed by atoms with Crippen LogP contribution in [0, 0.1) is 0 Å². The number of amides is 1. The summed E-state index contributed by atoms with van der Waals surface area (Å²) in [7, 11) is 0. The molecular formula is C22H20N4O2. The van der Waals surface area contributed by atoms with Crippen LogP contribution in [0.15, 0.2) is 73.3 Å². The summed E-state index contributed by atoms with van der Waals surface area (Å²) >= 11 is 0. The van der Waals surface area contributed by atoms with Crippen molar-refractivity contribution in [2.45, 2.75) is 6.92 Å².